The van der Waals surface area contributed by atoms with Crippen LogP contribution in [0.25, 0.3) is 0 Å². The van der Waals surface area contributed by atoms with Crippen LogP contribution in [0, 0.1) is 6.92 Å². The number of hydrogen-bond donors (Lipinski definition) is 2. The van der Waals surface area contributed by atoms with Crippen LogP contribution in [0.3, 0.4) is 0 Å². The van der Waals surface area contributed by atoms with E-state index in [0.717, 1.165) is 36.0 Å². The Morgan fingerprint density at radius 1 is 1.23 bits per heavy atom. The Hall–Kier alpha value is -2.14. The lowest BCUT2D eigenvalue weighted by Gasteiger charge is -2.06. The quantitative estimate of drug-likeness (QED) is 0.911. The van der Waals surface area contributed by atoms with Gasteiger partial charge in [0, 0.05) is 4.88 Å². The lowest BCUT2D eigenvalue weighted by atomic mass is 10.1. The van der Waals surface area contributed by atoms with Gasteiger partial charge >= 0.3 is 0 Å². The van der Waals surface area contributed by atoms with Gasteiger partial charge in [0.2, 0.25) is 5.91 Å². The van der Waals surface area contributed by atoms with E-state index in [0.29, 0.717) is 17.0 Å². The first-order chi connectivity index (χ1) is 10.5. The van der Waals surface area contributed by atoms with E-state index in [1.807, 2.05) is 31.2 Å². The van der Waals surface area contributed by atoms with Gasteiger partial charge in [0.15, 0.2) is 0 Å². The fraction of sp³-hybridized carbons (Fsp3) is 0.294. The van der Waals surface area contributed by atoms with Gasteiger partial charge in [0.25, 0.3) is 5.91 Å². The number of primary amides is 1. The number of carbonyl (C=O) groups excluding carboxylic acids is 2. The molecule has 0 atom stereocenters. The van der Waals surface area contributed by atoms with Gasteiger partial charge in [-0.25, -0.2) is 0 Å². The van der Waals surface area contributed by atoms with Gasteiger partial charge in [-0.3, -0.25) is 9.59 Å². The predicted octanol–water partition coefficient (Wildman–Crippen LogP) is 2.83. The molecule has 2 amide bonds. The van der Waals surface area contributed by atoms with E-state index in [1.165, 1.54) is 16.2 Å². The van der Waals surface area contributed by atoms with Crippen LogP contribution in [0.4, 0.5) is 5.00 Å². The van der Waals surface area contributed by atoms with Crippen molar-refractivity contribution in [1.29, 1.82) is 0 Å². The van der Waals surface area contributed by atoms with Gasteiger partial charge in [0.1, 0.15) is 5.00 Å². The van der Waals surface area contributed by atoms with Crippen LogP contribution >= 0.6 is 11.3 Å². The highest BCUT2D eigenvalue weighted by atomic mass is 32.1. The van der Waals surface area contributed by atoms with Crippen LogP contribution in [0.15, 0.2) is 24.3 Å². The molecule has 4 nitrogen and oxygen atoms in total. The van der Waals surface area contributed by atoms with Crippen molar-refractivity contribution in [2.24, 2.45) is 5.73 Å². The van der Waals surface area contributed by atoms with E-state index < -0.39 is 5.91 Å². The summed E-state index contributed by atoms with van der Waals surface area (Å²) in [7, 11) is 0. The van der Waals surface area contributed by atoms with Crippen molar-refractivity contribution < 1.29 is 9.59 Å². The SMILES string of the molecule is Cc1ccc(CC(=O)Nc2sc3c(c2C(N)=O)CCC3)cc1. The van der Waals surface area contributed by atoms with Crippen molar-refractivity contribution in [2.45, 2.75) is 32.6 Å². The van der Waals surface area contributed by atoms with Crippen LogP contribution in [0.5, 0.6) is 0 Å². The topological polar surface area (TPSA) is 72.2 Å². The van der Waals surface area contributed by atoms with Crippen molar-refractivity contribution in [2.75, 3.05) is 5.32 Å². The third-order valence-electron chi connectivity index (χ3n) is 3.91. The minimum absolute atomic E-state index is 0.119. The highest BCUT2D eigenvalue weighted by Gasteiger charge is 2.26. The molecule has 0 fully saturated rings. The Labute approximate surface area is 133 Å². The average molecular weight is 314 g/mol. The highest BCUT2D eigenvalue weighted by molar-refractivity contribution is 7.17. The first kappa shape index (κ1) is 14.8. The maximum absolute atomic E-state index is 12.2. The lowest BCUT2D eigenvalue weighted by Crippen LogP contribution is -2.19. The summed E-state index contributed by atoms with van der Waals surface area (Å²) in [4.78, 5) is 25.1. The molecule has 0 spiro atoms. The molecule has 2 aromatic rings. The molecule has 5 heteroatoms. The van der Waals surface area contributed by atoms with Gasteiger partial charge in [-0.2, -0.15) is 0 Å². The summed E-state index contributed by atoms with van der Waals surface area (Å²) in [5.74, 6) is -0.573. The molecule has 1 heterocycles. The Balaban J connectivity index is 1.77. The number of anilines is 1. The molecule has 0 bridgehead atoms. The average Bonchev–Trinajstić information content (AvgIpc) is 3.01. The maximum Gasteiger partial charge on any atom is 0.251 e. The summed E-state index contributed by atoms with van der Waals surface area (Å²) in [6.45, 7) is 2.01. The summed E-state index contributed by atoms with van der Waals surface area (Å²) >= 11 is 1.49. The Morgan fingerprint density at radius 2 is 1.95 bits per heavy atom. The summed E-state index contributed by atoms with van der Waals surface area (Å²) in [5, 5.41) is 3.47. The van der Waals surface area contributed by atoms with Crippen molar-refractivity contribution in [3.8, 4) is 0 Å². The summed E-state index contributed by atoms with van der Waals surface area (Å²) in [6.07, 6.45) is 3.19. The molecule has 3 N–H and O–H groups in total. The smallest absolute Gasteiger partial charge is 0.251 e. The van der Waals surface area contributed by atoms with Gasteiger partial charge in [0.05, 0.1) is 12.0 Å². The number of thiophene rings is 1. The third kappa shape index (κ3) is 2.90. The molecule has 0 saturated heterocycles. The number of carbonyl (C=O) groups is 2. The normalized spacial score (nSPS) is 13.0. The highest BCUT2D eigenvalue weighted by Crippen LogP contribution is 2.38. The van der Waals surface area contributed by atoms with E-state index in [-0.39, 0.29) is 5.91 Å². The second kappa shape index (κ2) is 5.93. The summed E-state index contributed by atoms with van der Waals surface area (Å²) in [5.41, 5.74) is 9.15. The molecule has 22 heavy (non-hydrogen) atoms. The Morgan fingerprint density at radius 3 is 2.64 bits per heavy atom. The lowest BCUT2D eigenvalue weighted by molar-refractivity contribution is -0.115. The molecule has 0 unspecified atom stereocenters. The molecule has 114 valence electrons. The standard InChI is InChI=1S/C17H18N2O2S/c1-10-5-7-11(8-6-10)9-14(20)19-17-15(16(18)21)12-3-2-4-13(12)22-17/h5-8H,2-4,9H2,1H3,(H2,18,21)(H,19,20). The zero-order valence-corrected chi connectivity index (χ0v) is 13.3. The number of fused-ring (bicyclic) bond motifs is 1. The monoisotopic (exact) mass is 314 g/mol. The molecule has 1 aromatic carbocycles. The van der Waals surface area contributed by atoms with Crippen LogP contribution in [-0.4, -0.2) is 11.8 Å². The minimum atomic E-state index is -0.454. The summed E-state index contributed by atoms with van der Waals surface area (Å²) in [6, 6.07) is 7.85. The number of nitrogens with two attached hydrogens (primary N) is 1. The van der Waals surface area contributed by atoms with Gasteiger partial charge in [-0.1, -0.05) is 29.8 Å². The van der Waals surface area contributed by atoms with Crippen LogP contribution in [0.2, 0.25) is 0 Å². The van der Waals surface area contributed by atoms with E-state index in [2.05, 4.69) is 5.32 Å². The Bertz CT molecular complexity index is 732. The first-order valence-corrected chi connectivity index (χ1v) is 8.16. The number of aryl methyl sites for hydroxylation is 2. The van der Waals surface area contributed by atoms with Crippen molar-refractivity contribution in [1.82, 2.24) is 0 Å². The van der Waals surface area contributed by atoms with Crippen LogP contribution in [0.1, 0.15) is 38.3 Å². The number of benzene rings is 1. The van der Waals surface area contributed by atoms with Crippen molar-refractivity contribution >= 4 is 28.2 Å². The Kier molecular flexibility index (Phi) is 3.98. The van der Waals surface area contributed by atoms with Gasteiger partial charge in [-0.15, -0.1) is 11.3 Å². The van der Waals surface area contributed by atoms with Gasteiger partial charge < -0.3 is 11.1 Å². The number of hydrogen-bond acceptors (Lipinski definition) is 3. The van der Waals surface area contributed by atoms with Crippen molar-refractivity contribution in [3.63, 3.8) is 0 Å². The molecule has 0 saturated carbocycles. The maximum atomic E-state index is 12.2. The number of rotatable bonds is 4. The molecular weight excluding hydrogens is 296 g/mol. The molecule has 1 aromatic heterocycles. The minimum Gasteiger partial charge on any atom is -0.365 e. The molecule has 0 radical (unpaired) electrons. The van der Waals surface area contributed by atoms with E-state index in [4.69, 9.17) is 5.73 Å². The van der Waals surface area contributed by atoms with Crippen LogP contribution < -0.4 is 11.1 Å². The third-order valence-corrected chi connectivity index (χ3v) is 5.11. The molecule has 1 aliphatic rings. The molecule has 3 rings (SSSR count). The van der Waals surface area contributed by atoms with E-state index in [9.17, 15) is 9.59 Å². The molecular formula is C17H18N2O2S. The molecule has 0 aliphatic heterocycles. The zero-order chi connectivity index (χ0) is 15.7. The summed E-state index contributed by atoms with van der Waals surface area (Å²) < 4.78 is 0. The predicted molar refractivity (Wildman–Crippen MR) is 88.4 cm³/mol. The molecule has 1 aliphatic carbocycles. The van der Waals surface area contributed by atoms with Crippen LogP contribution in [-0.2, 0) is 24.1 Å². The van der Waals surface area contributed by atoms with Crippen molar-refractivity contribution in [3.05, 3.63) is 51.4 Å². The van der Waals surface area contributed by atoms with E-state index in [1.54, 1.807) is 0 Å². The fourth-order valence-electron chi connectivity index (χ4n) is 2.82. The second-order valence-electron chi connectivity index (χ2n) is 5.64. The number of amides is 2. The van der Waals surface area contributed by atoms with E-state index >= 15 is 0 Å². The fourth-order valence-corrected chi connectivity index (χ4v) is 4.13. The first-order valence-electron chi connectivity index (χ1n) is 7.34. The number of nitrogens with one attached hydrogen (secondary N) is 1. The second-order valence-corrected chi connectivity index (χ2v) is 6.74. The largest absolute Gasteiger partial charge is 0.365 e. The zero-order valence-electron chi connectivity index (χ0n) is 12.4. The van der Waals surface area contributed by atoms with Gasteiger partial charge in [-0.05, 0) is 37.3 Å².